The Labute approximate surface area is 173 Å². The van der Waals surface area contributed by atoms with Crippen LogP contribution in [0.1, 0.15) is 31.7 Å². The monoisotopic (exact) mass is 400 g/mol. The van der Waals surface area contributed by atoms with Gasteiger partial charge in [-0.25, -0.2) is 4.79 Å². The summed E-state index contributed by atoms with van der Waals surface area (Å²) in [6.07, 6.45) is 2.44. The molecule has 1 fully saturated rings. The highest BCUT2D eigenvalue weighted by atomic mass is 16.5. The van der Waals surface area contributed by atoms with E-state index in [1.54, 1.807) is 4.90 Å². The fourth-order valence-corrected chi connectivity index (χ4v) is 4.15. The maximum atomic E-state index is 13.0. The first kappa shape index (κ1) is 21.1. The summed E-state index contributed by atoms with van der Waals surface area (Å²) in [5, 5.41) is 0. The van der Waals surface area contributed by atoms with Crippen molar-refractivity contribution in [2.75, 3.05) is 31.6 Å². The highest BCUT2D eigenvalue weighted by Crippen LogP contribution is 2.35. The highest BCUT2D eigenvalue weighted by Gasteiger charge is 2.49. The number of anilines is 1. The average Bonchev–Trinajstić information content (AvgIpc) is 2.79. The van der Waals surface area contributed by atoms with Gasteiger partial charge in [0.1, 0.15) is 5.54 Å². The van der Waals surface area contributed by atoms with Gasteiger partial charge in [-0.05, 0) is 37.0 Å². The van der Waals surface area contributed by atoms with Gasteiger partial charge in [0, 0.05) is 31.7 Å². The van der Waals surface area contributed by atoms with Crippen molar-refractivity contribution >= 4 is 17.6 Å². The van der Waals surface area contributed by atoms with Crippen LogP contribution in [0.3, 0.4) is 0 Å². The fraction of sp³-hybridized carbons (Fsp3) is 0.417. The molecule has 0 aromatic heterocycles. The lowest BCUT2D eigenvalue weighted by molar-refractivity contribution is -0.151. The molecule has 0 N–H and O–H groups in total. The summed E-state index contributed by atoms with van der Waals surface area (Å²) < 4.78 is 5.20. The number of piperidine rings is 1. The Morgan fingerprint density at radius 3 is 2.14 bits per heavy atom. The average molecular weight is 400 g/mol. The minimum Gasteiger partial charge on any atom is -0.467 e. The molecule has 1 aliphatic rings. The van der Waals surface area contributed by atoms with Crippen molar-refractivity contribution < 1.29 is 14.3 Å². The Kier molecular flexibility index (Phi) is 7.04. The third-order valence-corrected chi connectivity index (χ3v) is 5.80. The summed E-state index contributed by atoms with van der Waals surface area (Å²) in [7, 11) is 1.41. The lowest BCUT2D eigenvalue weighted by Crippen LogP contribution is -2.62. The van der Waals surface area contributed by atoms with Gasteiger partial charge in [-0.1, -0.05) is 55.5 Å². The van der Waals surface area contributed by atoms with Crippen LogP contribution < -0.4 is 4.90 Å². The molecule has 5 nitrogen and oxygen atoms in total. The number of rotatable bonds is 7. The summed E-state index contributed by atoms with van der Waals surface area (Å²) in [5.41, 5.74) is 1.11. The van der Waals surface area contributed by atoms with Crippen LogP contribution in [-0.4, -0.2) is 49.1 Å². The Hall–Kier alpha value is -2.66. The molecule has 0 spiro atoms. The fourth-order valence-electron chi connectivity index (χ4n) is 4.15. The molecule has 154 valence electrons. The van der Waals surface area contributed by atoms with Crippen LogP contribution in [0.25, 0.3) is 0 Å². The van der Waals surface area contributed by atoms with Crippen molar-refractivity contribution in [1.29, 1.82) is 0 Å². The third kappa shape index (κ3) is 4.67. The van der Waals surface area contributed by atoms with Crippen LogP contribution in [0.5, 0.6) is 0 Å². The number of methoxy groups -OCH3 is 1. The smallest absolute Gasteiger partial charge is 0.332 e. The van der Waals surface area contributed by atoms with Gasteiger partial charge < -0.3 is 9.64 Å². The number of hydrogen-bond donors (Lipinski definition) is 0. The predicted molar refractivity (Wildman–Crippen MR) is 115 cm³/mol. The number of hydrogen-bond acceptors (Lipinski definition) is 4. The van der Waals surface area contributed by atoms with E-state index in [2.05, 4.69) is 29.2 Å². The van der Waals surface area contributed by atoms with Crippen molar-refractivity contribution in [3.63, 3.8) is 0 Å². The second-order valence-electron chi connectivity index (χ2n) is 7.52. The quantitative estimate of drug-likeness (QED) is 0.666. The van der Waals surface area contributed by atoms with Crippen molar-refractivity contribution in [2.24, 2.45) is 0 Å². The Bertz CT molecular complexity index is 799. The highest BCUT2D eigenvalue weighted by molar-refractivity contribution is 6.02. The first-order chi connectivity index (χ1) is 14.1. The van der Waals surface area contributed by atoms with Gasteiger partial charge in [-0.2, -0.15) is 0 Å². The van der Waals surface area contributed by atoms with E-state index >= 15 is 0 Å². The van der Waals surface area contributed by atoms with Gasteiger partial charge in [0.15, 0.2) is 0 Å². The van der Waals surface area contributed by atoms with Crippen molar-refractivity contribution in [3.05, 3.63) is 66.2 Å². The number of ether oxygens (including phenoxy) is 1. The maximum absolute atomic E-state index is 13.0. The zero-order chi connectivity index (χ0) is 20.7. The maximum Gasteiger partial charge on any atom is 0.332 e. The minimum atomic E-state index is -0.952. The zero-order valence-corrected chi connectivity index (χ0v) is 17.3. The second kappa shape index (κ2) is 9.70. The number of nitrogens with zero attached hydrogens (tertiary/aromatic N) is 2. The lowest BCUT2D eigenvalue weighted by atomic mass is 9.84. The molecule has 2 aromatic carbocycles. The van der Waals surface area contributed by atoms with E-state index in [9.17, 15) is 9.59 Å². The molecule has 0 bridgehead atoms. The molecule has 0 saturated carbocycles. The van der Waals surface area contributed by atoms with E-state index in [4.69, 9.17) is 4.74 Å². The standard InChI is InChI=1S/C24H30N2O3/c1-3-22(27)26(21-12-8-5-9-13-21)24(23(28)29-2)15-18-25(19-16-24)17-14-20-10-6-4-7-11-20/h4-13H,3,14-19H2,1-2H3/i4+1,6+1,7+1,10+1,11+1,20+1. The molecule has 5 heteroatoms. The first-order valence-corrected chi connectivity index (χ1v) is 10.3. The molecular formula is C24H30N2O3. The molecule has 0 aliphatic carbocycles. The topological polar surface area (TPSA) is 49.9 Å². The van der Waals surface area contributed by atoms with E-state index in [-0.39, 0.29) is 11.9 Å². The number of para-hydroxylation sites is 1. The van der Waals surface area contributed by atoms with Gasteiger partial charge in [0.2, 0.25) is 5.91 Å². The van der Waals surface area contributed by atoms with Crippen molar-refractivity contribution in [1.82, 2.24) is 4.90 Å². The van der Waals surface area contributed by atoms with Crippen LogP contribution >= 0.6 is 0 Å². The molecule has 0 unspecified atom stereocenters. The predicted octanol–water partition coefficient (Wildman–Crippen LogP) is 3.68. The van der Waals surface area contributed by atoms with Crippen molar-refractivity contribution in [2.45, 2.75) is 38.1 Å². The summed E-state index contributed by atoms with van der Waals surface area (Å²) in [5.74, 6) is -0.384. The number of benzene rings is 2. The van der Waals surface area contributed by atoms with Crippen LogP contribution in [0.2, 0.25) is 0 Å². The summed E-state index contributed by atoms with van der Waals surface area (Å²) in [4.78, 5) is 30.0. The summed E-state index contributed by atoms with van der Waals surface area (Å²) >= 11 is 0. The Balaban J connectivity index is 1.79. The lowest BCUT2D eigenvalue weighted by Gasteiger charge is -2.46. The van der Waals surface area contributed by atoms with Crippen LogP contribution in [-0.2, 0) is 20.7 Å². The Morgan fingerprint density at radius 1 is 1.00 bits per heavy atom. The SMILES string of the molecule is CCC(=O)N(c1ccccc1)C1(C(=O)OC)CCN(CC[13c]2[13cH][13cH][13cH][13cH][13cH]2)CC1. The van der Waals surface area contributed by atoms with E-state index < -0.39 is 5.54 Å². The molecule has 0 radical (unpaired) electrons. The molecule has 1 saturated heterocycles. The molecule has 1 heterocycles. The molecule has 0 atom stereocenters. The van der Waals surface area contributed by atoms with E-state index in [0.717, 1.165) is 31.7 Å². The first-order valence-electron chi connectivity index (χ1n) is 10.3. The second-order valence-corrected chi connectivity index (χ2v) is 7.52. The van der Waals surface area contributed by atoms with Crippen LogP contribution in [0.4, 0.5) is 5.69 Å². The van der Waals surface area contributed by atoms with Gasteiger partial charge in [0.05, 0.1) is 7.11 Å². The molecular weight excluding hydrogens is 370 g/mol. The zero-order valence-electron chi connectivity index (χ0n) is 17.3. The summed E-state index contributed by atoms with van der Waals surface area (Å²) in [6, 6.07) is 19.9. The third-order valence-electron chi connectivity index (χ3n) is 5.80. The van der Waals surface area contributed by atoms with Gasteiger partial charge in [-0.15, -0.1) is 0 Å². The van der Waals surface area contributed by atoms with Gasteiger partial charge in [0.25, 0.3) is 0 Å². The molecule has 3 rings (SSSR count). The molecule has 1 amide bonds. The summed E-state index contributed by atoms with van der Waals surface area (Å²) in [6.45, 7) is 4.27. The molecule has 29 heavy (non-hydrogen) atoms. The number of esters is 1. The number of carbonyl (C=O) groups is 2. The van der Waals surface area contributed by atoms with Crippen LogP contribution in [0, 0.1) is 0 Å². The van der Waals surface area contributed by atoms with Crippen molar-refractivity contribution in [3.8, 4) is 0 Å². The van der Waals surface area contributed by atoms with Gasteiger partial charge in [-0.3, -0.25) is 9.69 Å². The molecule has 1 aliphatic heterocycles. The number of carbonyl (C=O) groups excluding carboxylic acids is 2. The number of likely N-dealkylation sites (tertiary alicyclic amines) is 1. The van der Waals surface area contributed by atoms with Crippen LogP contribution in [0.15, 0.2) is 60.7 Å². The van der Waals surface area contributed by atoms with E-state index in [1.807, 2.05) is 43.3 Å². The largest absolute Gasteiger partial charge is 0.467 e. The normalized spacial score (nSPS) is 16.2. The molecule has 2 aromatic rings. The van der Waals surface area contributed by atoms with E-state index in [0.29, 0.717) is 19.3 Å². The van der Waals surface area contributed by atoms with Gasteiger partial charge >= 0.3 is 5.97 Å². The minimum absolute atomic E-state index is 0.0562. The number of amides is 1. The Morgan fingerprint density at radius 2 is 1.59 bits per heavy atom. The van der Waals surface area contributed by atoms with E-state index in [1.165, 1.54) is 12.7 Å².